The van der Waals surface area contributed by atoms with Crippen LogP contribution in [0.4, 0.5) is 4.39 Å². The van der Waals surface area contributed by atoms with Gasteiger partial charge in [0.15, 0.2) is 0 Å². The van der Waals surface area contributed by atoms with Gasteiger partial charge in [-0.3, -0.25) is 4.79 Å². The Labute approximate surface area is 103 Å². The number of carbonyl (C=O) groups is 1. The molecule has 2 N–H and O–H groups in total. The first kappa shape index (κ1) is 11.0. The number of halogens is 1. The van der Waals surface area contributed by atoms with Crippen LogP contribution in [0.1, 0.15) is 34.8 Å². The number of benzene rings is 1. The van der Waals surface area contributed by atoms with E-state index in [4.69, 9.17) is 5.73 Å². The van der Waals surface area contributed by atoms with Gasteiger partial charge in [-0.2, -0.15) is 5.10 Å². The number of hydrogen-bond donors (Lipinski definition) is 1. The minimum absolute atomic E-state index is 0.297. The Morgan fingerprint density at radius 1 is 1.33 bits per heavy atom. The molecule has 1 amide bonds. The molecule has 92 valence electrons. The monoisotopic (exact) mass is 245 g/mol. The van der Waals surface area contributed by atoms with Gasteiger partial charge >= 0.3 is 0 Å². The zero-order valence-electron chi connectivity index (χ0n) is 9.64. The van der Waals surface area contributed by atoms with Gasteiger partial charge in [-0.15, -0.1) is 0 Å². The molecule has 1 aliphatic rings. The Morgan fingerprint density at radius 3 is 2.56 bits per heavy atom. The lowest BCUT2D eigenvalue weighted by molar-refractivity contribution is 0.0999. The molecule has 0 aliphatic heterocycles. The third kappa shape index (κ3) is 1.77. The summed E-state index contributed by atoms with van der Waals surface area (Å²) in [5.74, 6) is -0.431. The Bertz CT molecular complexity index is 599. The lowest BCUT2D eigenvalue weighted by atomic mass is 10.1. The lowest BCUT2D eigenvalue weighted by Crippen LogP contribution is -2.13. The maximum Gasteiger partial charge on any atom is 0.252 e. The van der Waals surface area contributed by atoms with E-state index in [0.29, 0.717) is 11.5 Å². The lowest BCUT2D eigenvalue weighted by Gasteiger charge is -2.07. The molecule has 18 heavy (non-hydrogen) atoms. The molecule has 0 atom stereocenters. The van der Waals surface area contributed by atoms with Crippen molar-refractivity contribution in [3.8, 4) is 5.69 Å². The molecule has 1 aliphatic carbocycles. The van der Waals surface area contributed by atoms with E-state index in [1.807, 2.05) is 0 Å². The van der Waals surface area contributed by atoms with Crippen molar-refractivity contribution in [1.29, 1.82) is 0 Å². The predicted molar refractivity (Wildman–Crippen MR) is 64.0 cm³/mol. The van der Waals surface area contributed by atoms with E-state index in [-0.39, 0.29) is 5.82 Å². The number of carbonyl (C=O) groups excluding carboxylic acids is 1. The van der Waals surface area contributed by atoms with Crippen molar-refractivity contribution in [1.82, 2.24) is 9.78 Å². The summed E-state index contributed by atoms with van der Waals surface area (Å²) in [4.78, 5) is 11.4. The first-order valence-corrected chi connectivity index (χ1v) is 5.80. The average Bonchev–Trinajstić information content (AvgIpc) is 3.09. The standard InChI is InChI=1S/C13H12FN3O/c14-9-3-5-10(6-4-9)17-12(8-1-2-8)11(7-16-17)13(15)18/h3-8H,1-2H2,(H2,15,18). The number of aromatic nitrogens is 2. The Balaban J connectivity index is 2.11. The van der Waals surface area contributed by atoms with Crippen molar-refractivity contribution >= 4 is 5.91 Å². The van der Waals surface area contributed by atoms with E-state index in [1.165, 1.54) is 18.3 Å². The molecule has 3 rings (SSSR count). The molecule has 0 saturated heterocycles. The summed E-state index contributed by atoms with van der Waals surface area (Å²) in [6.07, 6.45) is 3.56. The summed E-state index contributed by atoms with van der Waals surface area (Å²) in [5.41, 5.74) is 7.39. The molecule has 0 spiro atoms. The van der Waals surface area contributed by atoms with E-state index in [0.717, 1.165) is 24.2 Å². The molecule has 2 aromatic rings. The van der Waals surface area contributed by atoms with Gasteiger partial charge < -0.3 is 5.73 Å². The molecule has 1 aromatic heterocycles. The topological polar surface area (TPSA) is 60.9 Å². The quantitative estimate of drug-likeness (QED) is 0.898. The highest BCUT2D eigenvalue weighted by Crippen LogP contribution is 2.42. The van der Waals surface area contributed by atoms with E-state index < -0.39 is 5.91 Å². The summed E-state index contributed by atoms with van der Waals surface area (Å²) in [6.45, 7) is 0. The van der Waals surface area contributed by atoms with Crippen molar-refractivity contribution < 1.29 is 9.18 Å². The Hall–Kier alpha value is -2.17. The fourth-order valence-corrected chi connectivity index (χ4v) is 2.09. The van der Waals surface area contributed by atoms with E-state index in [2.05, 4.69) is 5.10 Å². The van der Waals surface area contributed by atoms with Gasteiger partial charge in [-0.1, -0.05) is 0 Å². The molecule has 1 aromatic carbocycles. The molecule has 1 heterocycles. The first-order chi connectivity index (χ1) is 8.66. The second-order valence-corrected chi connectivity index (χ2v) is 4.47. The highest BCUT2D eigenvalue weighted by atomic mass is 19.1. The van der Waals surface area contributed by atoms with Crippen molar-refractivity contribution in [3.63, 3.8) is 0 Å². The molecule has 1 fully saturated rings. The molecular weight excluding hydrogens is 233 g/mol. The third-order valence-corrected chi connectivity index (χ3v) is 3.11. The number of hydrogen-bond acceptors (Lipinski definition) is 2. The van der Waals surface area contributed by atoms with Crippen LogP contribution in [-0.2, 0) is 0 Å². The SMILES string of the molecule is NC(=O)c1cnn(-c2ccc(F)cc2)c1C1CC1. The van der Waals surface area contributed by atoms with E-state index >= 15 is 0 Å². The van der Waals surface area contributed by atoms with Crippen molar-refractivity contribution in [2.24, 2.45) is 5.73 Å². The van der Waals surface area contributed by atoms with Crippen LogP contribution in [0.2, 0.25) is 0 Å². The van der Waals surface area contributed by atoms with Crippen LogP contribution in [0.3, 0.4) is 0 Å². The molecule has 1 saturated carbocycles. The molecular formula is C13H12FN3O. The largest absolute Gasteiger partial charge is 0.365 e. The van der Waals surface area contributed by atoms with Crippen LogP contribution in [0.5, 0.6) is 0 Å². The number of primary amides is 1. The maximum absolute atomic E-state index is 12.9. The zero-order valence-corrected chi connectivity index (χ0v) is 9.64. The summed E-state index contributed by atoms with van der Waals surface area (Å²) in [6, 6.07) is 6.02. The van der Waals surface area contributed by atoms with Gasteiger partial charge in [0.1, 0.15) is 5.82 Å². The van der Waals surface area contributed by atoms with Gasteiger partial charge in [0.2, 0.25) is 0 Å². The van der Waals surface area contributed by atoms with E-state index in [1.54, 1.807) is 16.8 Å². The minimum Gasteiger partial charge on any atom is -0.365 e. The molecule has 0 radical (unpaired) electrons. The second-order valence-electron chi connectivity index (χ2n) is 4.47. The van der Waals surface area contributed by atoms with Crippen LogP contribution in [0.15, 0.2) is 30.5 Å². The average molecular weight is 245 g/mol. The number of nitrogens with zero attached hydrogens (tertiary/aromatic N) is 2. The van der Waals surface area contributed by atoms with Crippen LogP contribution >= 0.6 is 0 Å². The highest BCUT2D eigenvalue weighted by molar-refractivity contribution is 5.94. The highest BCUT2D eigenvalue weighted by Gasteiger charge is 2.32. The fraction of sp³-hybridized carbons (Fsp3) is 0.231. The normalized spacial score (nSPS) is 14.7. The fourth-order valence-electron chi connectivity index (χ4n) is 2.09. The Morgan fingerprint density at radius 2 is 2.00 bits per heavy atom. The van der Waals surface area contributed by atoms with Crippen molar-refractivity contribution in [2.45, 2.75) is 18.8 Å². The smallest absolute Gasteiger partial charge is 0.252 e. The van der Waals surface area contributed by atoms with Crippen LogP contribution < -0.4 is 5.73 Å². The summed E-state index contributed by atoms with van der Waals surface area (Å²) in [7, 11) is 0. The second kappa shape index (κ2) is 3.94. The summed E-state index contributed by atoms with van der Waals surface area (Å²) >= 11 is 0. The predicted octanol–water partition coefficient (Wildman–Crippen LogP) is 1.99. The van der Waals surface area contributed by atoms with Crippen molar-refractivity contribution in [2.75, 3.05) is 0 Å². The van der Waals surface area contributed by atoms with Gasteiger partial charge in [-0.05, 0) is 37.1 Å². The summed E-state index contributed by atoms with van der Waals surface area (Å²) in [5, 5.41) is 4.19. The van der Waals surface area contributed by atoms with Crippen LogP contribution in [-0.4, -0.2) is 15.7 Å². The Kier molecular flexibility index (Phi) is 2.40. The number of amides is 1. The molecule has 4 nitrogen and oxygen atoms in total. The zero-order chi connectivity index (χ0) is 12.7. The first-order valence-electron chi connectivity index (χ1n) is 5.80. The molecule has 0 unspecified atom stereocenters. The third-order valence-electron chi connectivity index (χ3n) is 3.11. The molecule has 5 heteroatoms. The van der Waals surface area contributed by atoms with Gasteiger partial charge in [-0.25, -0.2) is 9.07 Å². The number of rotatable bonds is 3. The van der Waals surface area contributed by atoms with Crippen LogP contribution in [0, 0.1) is 5.82 Å². The molecule has 0 bridgehead atoms. The van der Waals surface area contributed by atoms with Gasteiger partial charge in [0, 0.05) is 5.92 Å². The van der Waals surface area contributed by atoms with Crippen LogP contribution in [0.25, 0.3) is 5.69 Å². The van der Waals surface area contributed by atoms with Gasteiger partial charge in [0.05, 0.1) is 23.1 Å². The van der Waals surface area contributed by atoms with E-state index in [9.17, 15) is 9.18 Å². The number of nitrogens with two attached hydrogens (primary N) is 1. The van der Waals surface area contributed by atoms with Crippen molar-refractivity contribution in [3.05, 3.63) is 47.5 Å². The van der Waals surface area contributed by atoms with Gasteiger partial charge in [0.25, 0.3) is 5.91 Å². The summed E-state index contributed by atoms with van der Waals surface area (Å²) < 4.78 is 14.6. The maximum atomic E-state index is 12.9. The minimum atomic E-state index is -0.467.